The molecule has 0 heterocycles. The maximum atomic E-state index is 12.2. The SMILES string of the molecule is C[C@@H](Oc1ccc(Br)cc1)C(=O)NCc1cccc(CN(C)C)c1. The van der Waals surface area contributed by atoms with Crippen LogP contribution in [0.25, 0.3) is 0 Å². The lowest BCUT2D eigenvalue weighted by Gasteiger charge is -2.15. The fourth-order valence-corrected chi connectivity index (χ4v) is 2.57. The van der Waals surface area contributed by atoms with Crippen molar-refractivity contribution in [3.8, 4) is 5.75 Å². The largest absolute Gasteiger partial charge is 0.481 e. The molecule has 0 radical (unpaired) electrons. The molecule has 1 N–H and O–H groups in total. The van der Waals surface area contributed by atoms with Crippen LogP contribution < -0.4 is 10.1 Å². The van der Waals surface area contributed by atoms with E-state index in [2.05, 4.69) is 38.3 Å². The van der Waals surface area contributed by atoms with E-state index < -0.39 is 6.10 Å². The fraction of sp³-hybridized carbons (Fsp3) is 0.316. The Morgan fingerprint density at radius 2 is 1.83 bits per heavy atom. The number of hydrogen-bond donors (Lipinski definition) is 1. The summed E-state index contributed by atoms with van der Waals surface area (Å²) in [4.78, 5) is 14.3. The summed E-state index contributed by atoms with van der Waals surface area (Å²) in [6.45, 7) is 3.12. The number of benzene rings is 2. The third-order valence-electron chi connectivity index (χ3n) is 3.45. The molecule has 0 saturated carbocycles. The van der Waals surface area contributed by atoms with Crippen LogP contribution >= 0.6 is 15.9 Å². The van der Waals surface area contributed by atoms with Gasteiger partial charge in [-0.25, -0.2) is 0 Å². The highest BCUT2D eigenvalue weighted by Gasteiger charge is 2.14. The molecule has 2 rings (SSSR count). The van der Waals surface area contributed by atoms with Gasteiger partial charge in [0.15, 0.2) is 6.10 Å². The number of halogens is 1. The maximum Gasteiger partial charge on any atom is 0.261 e. The van der Waals surface area contributed by atoms with Crippen molar-refractivity contribution in [2.24, 2.45) is 0 Å². The third kappa shape index (κ3) is 5.98. The molecular weight excluding hydrogens is 368 g/mol. The Bertz CT molecular complexity index is 671. The van der Waals surface area contributed by atoms with Gasteiger partial charge in [0.05, 0.1) is 0 Å². The van der Waals surface area contributed by atoms with Crippen molar-refractivity contribution < 1.29 is 9.53 Å². The van der Waals surface area contributed by atoms with Gasteiger partial charge in [-0.3, -0.25) is 4.79 Å². The molecular formula is C19H23BrN2O2. The molecule has 4 nitrogen and oxygen atoms in total. The van der Waals surface area contributed by atoms with Gasteiger partial charge in [-0.2, -0.15) is 0 Å². The van der Waals surface area contributed by atoms with Gasteiger partial charge in [-0.1, -0.05) is 40.2 Å². The predicted octanol–water partition coefficient (Wildman–Crippen LogP) is 3.59. The number of rotatable bonds is 7. The van der Waals surface area contributed by atoms with Crippen molar-refractivity contribution in [2.45, 2.75) is 26.1 Å². The van der Waals surface area contributed by atoms with Gasteiger partial charge in [0.2, 0.25) is 0 Å². The minimum atomic E-state index is -0.545. The van der Waals surface area contributed by atoms with Crippen molar-refractivity contribution in [1.82, 2.24) is 10.2 Å². The summed E-state index contributed by atoms with van der Waals surface area (Å²) >= 11 is 3.37. The summed E-state index contributed by atoms with van der Waals surface area (Å²) in [5, 5.41) is 2.92. The van der Waals surface area contributed by atoms with Crippen molar-refractivity contribution in [1.29, 1.82) is 0 Å². The first-order valence-corrected chi connectivity index (χ1v) is 8.66. The summed E-state index contributed by atoms with van der Waals surface area (Å²) < 4.78 is 6.63. The summed E-state index contributed by atoms with van der Waals surface area (Å²) in [5.74, 6) is 0.546. The van der Waals surface area contributed by atoms with Gasteiger partial charge in [0, 0.05) is 17.6 Å². The molecule has 0 spiro atoms. The second-order valence-corrected chi connectivity index (χ2v) is 6.91. The maximum absolute atomic E-state index is 12.2. The summed E-state index contributed by atoms with van der Waals surface area (Å²) in [5.41, 5.74) is 2.31. The van der Waals surface area contributed by atoms with Gasteiger partial charge >= 0.3 is 0 Å². The minimum Gasteiger partial charge on any atom is -0.481 e. The van der Waals surface area contributed by atoms with E-state index in [0.717, 1.165) is 16.6 Å². The summed E-state index contributed by atoms with van der Waals surface area (Å²) in [6.07, 6.45) is -0.545. The number of hydrogen-bond acceptors (Lipinski definition) is 3. The topological polar surface area (TPSA) is 41.6 Å². The van der Waals surface area contributed by atoms with Crippen LogP contribution in [0.3, 0.4) is 0 Å². The average Bonchev–Trinajstić information content (AvgIpc) is 2.54. The quantitative estimate of drug-likeness (QED) is 0.784. The zero-order chi connectivity index (χ0) is 17.5. The monoisotopic (exact) mass is 390 g/mol. The Labute approximate surface area is 151 Å². The van der Waals surface area contributed by atoms with E-state index in [1.807, 2.05) is 50.5 Å². The molecule has 5 heteroatoms. The van der Waals surface area contributed by atoms with Crippen LogP contribution in [0.15, 0.2) is 53.0 Å². The van der Waals surface area contributed by atoms with E-state index in [9.17, 15) is 4.79 Å². The molecule has 0 aliphatic rings. The zero-order valence-corrected chi connectivity index (χ0v) is 15.8. The smallest absolute Gasteiger partial charge is 0.261 e. The number of carbonyl (C=O) groups excluding carboxylic acids is 1. The first kappa shape index (κ1) is 18.5. The molecule has 24 heavy (non-hydrogen) atoms. The van der Waals surface area contributed by atoms with Crippen LogP contribution in [0.5, 0.6) is 5.75 Å². The molecule has 0 saturated heterocycles. The molecule has 1 atom stereocenters. The Balaban J connectivity index is 1.86. The highest BCUT2D eigenvalue weighted by Crippen LogP contribution is 2.17. The molecule has 0 aliphatic carbocycles. The van der Waals surface area contributed by atoms with E-state index in [-0.39, 0.29) is 5.91 Å². The lowest BCUT2D eigenvalue weighted by molar-refractivity contribution is -0.127. The van der Waals surface area contributed by atoms with Crippen LogP contribution in [0.4, 0.5) is 0 Å². The lowest BCUT2D eigenvalue weighted by Crippen LogP contribution is -2.35. The van der Waals surface area contributed by atoms with Crippen molar-refractivity contribution >= 4 is 21.8 Å². The fourth-order valence-electron chi connectivity index (χ4n) is 2.31. The molecule has 0 bridgehead atoms. The first-order chi connectivity index (χ1) is 11.4. The van der Waals surface area contributed by atoms with E-state index in [1.54, 1.807) is 6.92 Å². The van der Waals surface area contributed by atoms with Crippen LogP contribution in [0, 0.1) is 0 Å². The zero-order valence-electron chi connectivity index (χ0n) is 14.3. The van der Waals surface area contributed by atoms with E-state index in [4.69, 9.17) is 4.74 Å². The number of amides is 1. The molecule has 2 aromatic rings. The molecule has 0 aromatic heterocycles. The molecule has 0 aliphatic heterocycles. The van der Waals surface area contributed by atoms with E-state index in [1.165, 1.54) is 5.56 Å². The number of nitrogens with zero attached hydrogens (tertiary/aromatic N) is 1. The second-order valence-electron chi connectivity index (χ2n) is 5.99. The van der Waals surface area contributed by atoms with Crippen LogP contribution in [-0.2, 0) is 17.9 Å². The Morgan fingerprint density at radius 3 is 2.50 bits per heavy atom. The minimum absolute atomic E-state index is 0.129. The van der Waals surface area contributed by atoms with Gasteiger partial charge < -0.3 is 15.0 Å². The summed E-state index contributed by atoms with van der Waals surface area (Å²) in [7, 11) is 4.07. The number of carbonyl (C=O) groups is 1. The second kappa shape index (κ2) is 8.85. The van der Waals surface area contributed by atoms with Crippen molar-refractivity contribution in [2.75, 3.05) is 14.1 Å². The van der Waals surface area contributed by atoms with Crippen LogP contribution in [-0.4, -0.2) is 31.0 Å². The Hall–Kier alpha value is -1.85. The van der Waals surface area contributed by atoms with Gasteiger partial charge in [0.25, 0.3) is 5.91 Å². The predicted molar refractivity (Wildman–Crippen MR) is 99.9 cm³/mol. The third-order valence-corrected chi connectivity index (χ3v) is 3.98. The molecule has 2 aromatic carbocycles. The van der Waals surface area contributed by atoms with Crippen LogP contribution in [0.1, 0.15) is 18.1 Å². The molecule has 0 unspecified atom stereocenters. The number of ether oxygens (including phenoxy) is 1. The van der Waals surface area contributed by atoms with Crippen molar-refractivity contribution in [3.63, 3.8) is 0 Å². The Morgan fingerprint density at radius 1 is 1.17 bits per heavy atom. The average molecular weight is 391 g/mol. The molecule has 1 amide bonds. The van der Waals surface area contributed by atoms with Gasteiger partial charge in [-0.15, -0.1) is 0 Å². The van der Waals surface area contributed by atoms with Gasteiger partial charge in [0.1, 0.15) is 5.75 Å². The highest BCUT2D eigenvalue weighted by molar-refractivity contribution is 9.10. The first-order valence-electron chi connectivity index (χ1n) is 7.86. The lowest BCUT2D eigenvalue weighted by atomic mass is 10.1. The number of nitrogens with one attached hydrogen (secondary N) is 1. The Kier molecular flexibility index (Phi) is 6.82. The normalized spacial score (nSPS) is 12.0. The van der Waals surface area contributed by atoms with Gasteiger partial charge in [-0.05, 0) is 56.4 Å². The molecule has 0 fully saturated rings. The van der Waals surface area contributed by atoms with Crippen molar-refractivity contribution in [3.05, 3.63) is 64.1 Å². The van der Waals surface area contributed by atoms with E-state index >= 15 is 0 Å². The summed E-state index contributed by atoms with van der Waals surface area (Å²) in [6, 6.07) is 15.7. The standard InChI is InChI=1S/C19H23BrN2O2/c1-14(24-18-9-7-17(20)8-10-18)19(23)21-12-15-5-4-6-16(11-15)13-22(2)3/h4-11,14H,12-13H2,1-3H3,(H,21,23)/t14-/m1/s1. The molecule has 128 valence electrons. The highest BCUT2D eigenvalue weighted by atomic mass is 79.9. The van der Waals surface area contributed by atoms with Crippen LogP contribution in [0.2, 0.25) is 0 Å². The van der Waals surface area contributed by atoms with E-state index in [0.29, 0.717) is 12.3 Å².